The van der Waals surface area contributed by atoms with E-state index < -0.39 is 19.3 Å². The van der Waals surface area contributed by atoms with Crippen molar-refractivity contribution < 1.29 is 18.9 Å². The van der Waals surface area contributed by atoms with Crippen molar-refractivity contribution in [3.63, 3.8) is 0 Å². The van der Waals surface area contributed by atoms with Gasteiger partial charge in [0.2, 0.25) is 0 Å². The Morgan fingerprint density at radius 1 is 1.19 bits per heavy atom. The molecule has 0 saturated carbocycles. The van der Waals surface area contributed by atoms with Crippen molar-refractivity contribution in [1.29, 1.82) is 0 Å². The predicted molar refractivity (Wildman–Crippen MR) is 83.2 cm³/mol. The Morgan fingerprint density at radius 2 is 1.71 bits per heavy atom. The van der Waals surface area contributed by atoms with E-state index in [2.05, 4.69) is 6.58 Å². The average Bonchev–Trinajstić information content (AvgIpc) is 2.37. The van der Waals surface area contributed by atoms with Gasteiger partial charge < -0.3 is 4.74 Å². The first-order valence-electron chi connectivity index (χ1n) is 6.69. The van der Waals surface area contributed by atoms with Crippen LogP contribution in [0.5, 0.6) is 0 Å². The summed E-state index contributed by atoms with van der Waals surface area (Å²) in [5.74, 6) is -0.606. The van der Waals surface area contributed by atoms with Crippen LogP contribution in [-0.2, 0) is 14.1 Å². The molecule has 1 unspecified atom stereocenters. The Labute approximate surface area is 126 Å². The minimum absolute atomic E-state index is 0.0636. The molecule has 112 valence electrons. The monoisotopic (exact) mass is 307 g/mol. The third-order valence-electron chi connectivity index (χ3n) is 3.02. The van der Waals surface area contributed by atoms with Gasteiger partial charge in [0, 0.05) is 0 Å². The zero-order valence-corrected chi connectivity index (χ0v) is 13.8. The topological polar surface area (TPSA) is 60.4 Å². The molecule has 1 aromatic rings. The van der Waals surface area contributed by atoms with Crippen molar-refractivity contribution in [2.24, 2.45) is 0 Å². The third-order valence-corrected chi connectivity index (χ3v) is 4.36. The molecule has 0 N–H and O–H groups in total. The van der Waals surface area contributed by atoms with Crippen LogP contribution in [0.3, 0.4) is 0 Å². The number of rotatable bonds is 6. The molecule has 5 heteroatoms. The third kappa shape index (κ3) is 4.33. The van der Waals surface area contributed by atoms with Gasteiger partial charge >= 0.3 is 19.3 Å². The van der Waals surface area contributed by atoms with Crippen LogP contribution in [0.25, 0.3) is 0 Å². The molecule has 0 amide bonds. The number of aryl methyl sites for hydroxylation is 3. The lowest BCUT2D eigenvalue weighted by Crippen LogP contribution is -2.10. The minimum Gasteiger partial charge on any atom is -0.463 e. The van der Waals surface area contributed by atoms with Crippen LogP contribution < -0.4 is 0 Å². The van der Waals surface area contributed by atoms with Crippen LogP contribution in [0.4, 0.5) is 0 Å². The first-order chi connectivity index (χ1) is 9.77. The van der Waals surface area contributed by atoms with Crippen LogP contribution in [0, 0.1) is 20.8 Å². The molecule has 21 heavy (non-hydrogen) atoms. The second-order valence-corrected chi connectivity index (χ2v) is 6.42. The van der Waals surface area contributed by atoms with Crippen LogP contribution in [-0.4, -0.2) is 24.3 Å². The smallest absolute Gasteiger partial charge is 0.425 e. The van der Waals surface area contributed by atoms with E-state index in [-0.39, 0.29) is 18.3 Å². The molecule has 1 rings (SSSR count). The summed E-state index contributed by atoms with van der Waals surface area (Å²) in [7, 11) is -2.23. The van der Waals surface area contributed by atoms with Crippen molar-refractivity contribution in [2.45, 2.75) is 27.7 Å². The average molecular weight is 307 g/mol. The van der Waals surface area contributed by atoms with Gasteiger partial charge in [-0.1, -0.05) is 28.8 Å². The second kappa shape index (κ2) is 7.28. The number of carbonyl (C=O) groups excluding carboxylic acids is 2. The second-order valence-electron chi connectivity index (χ2n) is 4.94. The highest BCUT2D eigenvalue weighted by Gasteiger charge is 2.34. The zero-order chi connectivity index (χ0) is 16.2. The molecular weight excluding hydrogens is 287 g/mol. The summed E-state index contributed by atoms with van der Waals surface area (Å²) in [6.45, 7) is 11.0. The first kappa shape index (κ1) is 17.3. The van der Waals surface area contributed by atoms with E-state index >= 15 is 0 Å². The molecule has 0 spiro atoms. The molecule has 0 fully saturated rings. The molecule has 1 atom stereocenters. The van der Waals surface area contributed by atoms with Crippen molar-refractivity contribution in [3.8, 4) is 0 Å². The van der Waals surface area contributed by atoms with Gasteiger partial charge in [-0.3, -0.25) is 0 Å². The van der Waals surface area contributed by atoms with Crippen LogP contribution in [0.1, 0.15) is 34.0 Å². The van der Waals surface area contributed by atoms with E-state index in [4.69, 9.17) is 4.74 Å². The summed E-state index contributed by atoms with van der Waals surface area (Å²) in [6.07, 6.45) is -0.167. The van der Waals surface area contributed by atoms with E-state index in [0.29, 0.717) is 5.56 Å². The fraction of sp³-hybridized carbons (Fsp3) is 0.375. The lowest BCUT2D eigenvalue weighted by atomic mass is 10.0. The number of benzene rings is 1. The Morgan fingerprint density at radius 3 is 2.19 bits per heavy atom. The van der Waals surface area contributed by atoms with E-state index in [9.17, 15) is 14.2 Å². The number of ether oxygens (including phenoxy) is 1. The summed E-state index contributed by atoms with van der Waals surface area (Å²) in [4.78, 5) is 23.8. The maximum Gasteiger partial charge on any atom is 0.425 e. The van der Waals surface area contributed by atoms with Gasteiger partial charge in [-0.15, -0.1) is 0 Å². The molecule has 0 aliphatic heterocycles. The highest BCUT2D eigenvalue weighted by molar-refractivity contribution is 7.64. The molecule has 0 saturated heterocycles. The lowest BCUT2D eigenvalue weighted by molar-refractivity contribution is -0.138. The summed E-state index contributed by atoms with van der Waals surface area (Å²) < 4.78 is 17.0. The standard InChI is InChI=1S/C16H20O4P/c1-6-20-15(17)13(5)9-21(19)16(18)14-11(3)7-10(2)8-12(14)4/h7-8H,5-6,9H2,1-4H3/q+1. The molecule has 4 nitrogen and oxygen atoms in total. The van der Waals surface area contributed by atoms with Gasteiger partial charge in [0.05, 0.1) is 17.7 Å². The van der Waals surface area contributed by atoms with Gasteiger partial charge in [0.25, 0.3) is 0 Å². The SMILES string of the molecule is C=C(C[P+](=O)C(=O)c1c(C)cc(C)cc1C)C(=O)OCC. The van der Waals surface area contributed by atoms with E-state index in [1.54, 1.807) is 6.92 Å². The Kier molecular flexibility index (Phi) is 5.98. The summed E-state index contributed by atoms with van der Waals surface area (Å²) in [6, 6.07) is 3.76. The number of esters is 1. The largest absolute Gasteiger partial charge is 0.463 e. The van der Waals surface area contributed by atoms with Gasteiger partial charge in [-0.05, 0) is 38.8 Å². The normalized spacial score (nSPS) is 11.0. The quantitative estimate of drug-likeness (QED) is 0.457. The van der Waals surface area contributed by atoms with Gasteiger partial charge in [-0.25, -0.2) is 9.59 Å². The Hall–Kier alpha value is -1.80. The molecule has 0 aromatic heterocycles. The number of carbonyl (C=O) groups is 2. The first-order valence-corrected chi connectivity index (χ1v) is 8.14. The molecule has 0 aliphatic rings. The molecular formula is C16H20O4P+. The van der Waals surface area contributed by atoms with Gasteiger partial charge in [0.15, 0.2) is 6.16 Å². The number of hydrogen-bond donors (Lipinski definition) is 0. The van der Waals surface area contributed by atoms with Crippen molar-refractivity contribution in [2.75, 3.05) is 12.8 Å². The highest BCUT2D eigenvalue weighted by atomic mass is 31.1. The number of hydrogen-bond acceptors (Lipinski definition) is 4. The van der Waals surface area contributed by atoms with Crippen LogP contribution in [0.15, 0.2) is 24.3 Å². The fourth-order valence-corrected chi connectivity index (χ4v) is 3.41. The molecule has 0 radical (unpaired) electrons. The zero-order valence-electron chi connectivity index (χ0n) is 12.9. The van der Waals surface area contributed by atoms with Gasteiger partial charge in [0.1, 0.15) is 0 Å². The van der Waals surface area contributed by atoms with Crippen molar-refractivity contribution >= 4 is 19.3 Å². The molecule has 1 aromatic carbocycles. The van der Waals surface area contributed by atoms with Crippen LogP contribution in [0.2, 0.25) is 0 Å². The Balaban J connectivity index is 2.92. The summed E-state index contributed by atoms with van der Waals surface area (Å²) in [5.41, 5.74) is 2.73. The lowest BCUT2D eigenvalue weighted by Gasteiger charge is -2.05. The maximum atomic E-state index is 12.3. The minimum atomic E-state index is -2.23. The molecule has 0 aliphatic carbocycles. The molecule has 0 bridgehead atoms. The van der Waals surface area contributed by atoms with Crippen molar-refractivity contribution in [1.82, 2.24) is 0 Å². The predicted octanol–water partition coefficient (Wildman–Crippen LogP) is 3.70. The van der Waals surface area contributed by atoms with E-state index in [1.165, 1.54) is 0 Å². The van der Waals surface area contributed by atoms with Crippen molar-refractivity contribution in [3.05, 3.63) is 46.5 Å². The van der Waals surface area contributed by atoms with Crippen LogP contribution >= 0.6 is 7.80 Å². The van der Waals surface area contributed by atoms with E-state index in [0.717, 1.165) is 16.7 Å². The maximum absolute atomic E-state index is 12.3. The highest BCUT2D eigenvalue weighted by Crippen LogP contribution is 2.32. The molecule has 0 heterocycles. The fourth-order valence-electron chi connectivity index (χ4n) is 2.18. The summed E-state index contributed by atoms with van der Waals surface area (Å²) in [5, 5.41) is 0. The summed E-state index contributed by atoms with van der Waals surface area (Å²) >= 11 is 0. The van der Waals surface area contributed by atoms with E-state index in [1.807, 2.05) is 32.9 Å². The Bertz CT molecular complexity index is 594. The van der Waals surface area contributed by atoms with Gasteiger partial charge in [-0.2, -0.15) is 0 Å².